The number of aromatic amines is 1. The Morgan fingerprint density at radius 3 is 2.45 bits per heavy atom. The number of nitrogens with one attached hydrogen (secondary N) is 2. The lowest BCUT2D eigenvalue weighted by Crippen LogP contribution is -3.15. The van der Waals surface area contributed by atoms with E-state index >= 15 is 0 Å². The van der Waals surface area contributed by atoms with E-state index in [1.165, 1.54) is 30.7 Å². The van der Waals surface area contributed by atoms with Crippen LogP contribution in [0, 0.1) is 17.8 Å². The van der Waals surface area contributed by atoms with Crippen LogP contribution in [0.2, 0.25) is 0 Å². The van der Waals surface area contributed by atoms with Crippen molar-refractivity contribution in [3.05, 3.63) is 35.5 Å². The fourth-order valence-electron chi connectivity index (χ4n) is 6.09. The molecule has 1 aromatic carbocycles. The van der Waals surface area contributed by atoms with Gasteiger partial charge in [0.25, 0.3) is 0 Å². The molecule has 1 unspecified atom stereocenters. The van der Waals surface area contributed by atoms with Crippen LogP contribution in [0.1, 0.15) is 37.1 Å². The first kappa shape index (κ1) is 21.8. The van der Waals surface area contributed by atoms with Crippen LogP contribution in [0.3, 0.4) is 0 Å². The SMILES string of the molecule is CC[C@@H]1C[NH+]2CCc3c([nH]c4ccccc34)[C@@H]2C[C@H]1C1C(=O)N(C)C(=O)N(C)C1=O.[Cl-]. The number of para-hydroxylation sites is 1. The molecule has 0 spiro atoms. The number of piperidine rings is 1. The number of amides is 4. The molecule has 2 saturated heterocycles. The quantitative estimate of drug-likeness (QED) is 0.546. The number of quaternary nitrogens is 1. The van der Waals surface area contributed by atoms with Crippen molar-refractivity contribution < 1.29 is 31.7 Å². The molecule has 166 valence electrons. The lowest BCUT2D eigenvalue weighted by atomic mass is 9.70. The average Bonchev–Trinajstić information content (AvgIpc) is 3.15. The lowest BCUT2D eigenvalue weighted by Gasteiger charge is -2.46. The van der Waals surface area contributed by atoms with Crippen LogP contribution in [-0.4, -0.2) is 59.8 Å². The smallest absolute Gasteiger partial charge is 0.332 e. The first-order valence-corrected chi connectivity index (χ1v) is 11.0. The van der Waals surface area contributed by atoms with Crippen molar-refractivity contribution in [2.45, 2.75) is 32.2 Å². The van der Waals surface area contributed by atoms with Crippen molar-refractivity contribution in [1.29, 1.82) is 0 Å². The fraction of sp³-hybridized carbons (Fsp3) is 0.522. The second-order valence-electron chi connectivity index (χ2n) is 9.10. The number of halogens is 1. The van der Waals surface area contributed by atoms with Gasteiger partial charge in [0.15, 0.2) is 0 Å². The van der Waals surface area contributed by atoms with Gasteiger partial charge in [-0.05, 0) is 24.0 Å². The van der Waals surface area contributed by atoms with Gasteiger partial charge in [-0.3, -0.25) is 19.4 Å². The molecule has 2 aromatic rings. The summed E-state index contributed by atoms with van der Waals surface area (Å²) < 4.78 is 0. The molecule has 4 heterocycles. The Hall–Kier alpha value is -2.38. The third-order valence-corrected chi connectivity index (χ3v) is 7.74. The standard InChI is InChI=1S/C23H28N4O3.ClH/c1-4-13-12-27-10-9-15-14-7-5-6-8-17(14)24-20(15)18(27)11-16(13)19-21(28)25(2)23(30)26(3)22(19)29;/h5-8,13,16,18-19,24H,4,9-12H2,1-3H3;1H/t13-,16-,18+;/m1./s1. The van der Waals surface area contributed by atoms with Gasteiger partial charge < -0.3 is 22.3 Å². The first-order chi connectivity index (χ1) is 14.4. The van der Waals surface area contributed by atoms with Gasteiger partial charge in [-0.2, -0.15) is 0 Å². The van der Waals surface area contributed by atoms with Crippen LogP contribution in [0.15, 0.2) is 24.3 Å². The van der Waals surface area contributed by atoms with Crippen molar-refractivity contribution in [1.82, 2.24) is 14.8 Å². The summed E-state index contributed by atoms with van der Waals surface area (Å²) in [4.78, 5) is 45.7. The lowest BCUT2D eigenvalue weighted by molar-refractivity contribution is -0.944. The van der Waals surface area contributed by atoms with Crippen LogP contribution < -0.4 is 17.3 Å². The van der Waals surface area contributed by atoms with Crippen molar-refractivity contribution in [3.63, 3.8) is 0 Å². The first-order valence-electron chi connectivity index (χ1n) is 11.0. The van der Waals surface area contributed by atoms with Gasteiger partial charge in [0.2, 0.25) is 11.8 Å². The van der Waals surface area contributed by atoms with Gasteiger partial charge >= 0.3 is 6.03 Å². The summed E-state index contributed by atoms with van der Waals surface area (Å²) >= 11 is 0. The maximum Gasteiger partial charge on any atom is 0.332 e. The molecule has 31 heavy (non-hydrogen) atoms. The molecular weight excluding hydrogens is 416 g/mol. The molecule has 5 rings (SSSR count). The molecule has 1 aromatic heterocycles. The number of imide groups is 2. The number of H-pyrrole nitrogens is 1. The maximum atomic E-state index is 13.0. The number of rotatable bonds is 2. The van der Waals surface area contributed by atoms with Gasteiger partial charge in [-0.1, -0.05) is 25.1 Å². The zero-order valence-corrected chi connectivity index (χ0v) is 18.9. The third kappa shape index (κ3) is 3.17. The Morgan fingerprint density at radius 2 is 1.77 bits per heavy atom. The molecule has 3 aliphatic rings. The largest absolute Gasteiger partial charge is 1.00 e. The summed E-state index contributed by atoms with van der Waals surface area (Å²) in [5, 5.41) is 1.29. The molecule has 8 heteroatoms. The van der Waals surface area contributed by atoms with Crippen LogP contribution >= 0.6 is 0 Å². The van der Waals surface area contributed by atoms with Crippen molar-refractivity contribution in [2.75, 3.05) is 27.2 Å². The molecule has 2 N–H and O–H groups in total. The molecule has 0 radical (unpaired) electrons. The van der Waals surface area contributed by atoms with Gasteiger partial charge in [-0.15, -0.1) is 0 Å². The highest BCUT2D eigenvalue weighted by molar-refractivity contribution is 6.15. The Bertz CT molecular complexity index is 1030. The molecule has 2 fully saturated rings. The van der Waals surface area contributed by atoms with E-state index in [4.69, 9.17) is 0 Å². The molecule has 0 aliphatic carbocycles. The predicted molar refractivity (Wildman–Crippen MR) is 112 cm³/mol. The topological polar surface area (TPSA) is 77.9 Å². The highest BCUT2D eigenvalue weighted by atomic mass is 35.5. The molecule has 4 amide bonds. The number of hydrogen-bond acceptors (Lipinski definition) is 3. The van der Waals surface area contributed by atoms with E-state index in [0.717, 1.165) is 47.7 Å². The number of barbiturate groups is 1. The summed E-state index contributed by atoms with van der Waals surface area (Å²) in [6.45, 7) is 4.18. The summed E-state index contributed by atoms with van der Waals surface area (Å²) in [6, 6.07) is 8.14. The minimum absolute atomic E-state index is 0. The highest BCUT2D eigenvalue weighted by Gasteiger charge is 2.53. The maximum absolute atomic E-state index is 13.0. The molecule has 7 nitrogen and oxygen atoms in total. The highest BCUT2D eigenvalue weighted by Crippen LogP contribution is 2.40. The van der Waals surface area contributed by atoms with Gasteiger partial charge in [0.1, 0.15) is 12.0 Å². The number of hydrogen-bond donors (Lipinski definition) is 2. The normalized spacial score (nSPS) is 29.1. The zero-order chi connectivity index (χ0) is 21.2. The van der Waals surface area contributed by atoms with Gasteiger partial charge in [0, 0.05) is 43.8 Å². The van der Waals surface area contributed by atoms with E-state index in [9.17, 15) is 14.4 Å². The predicted octanol–water partition coefficient (Wildman–Crippen LogP) is -1.63. The zero-order valence-electron chi connectivity index (χ0n) is 18.2. The van der Waals surface area contributed by atoms with Crippen molar-refractivity contribution in [2.24, 2.45) is 17.8 Å². The third-order valence-electron chi connectivity index (χ3n) is 7.74. The minimum Gasteiger partial charge on any atom is -1.00 e. The minimum atomic E-state index is -0.765. The number of benzene rings is 1. The summed E-state index contributed by atoms with van der Waals surface area (Å²) in [5.41, 5.74) is 3.82. The summed E-state index contributed by atoms with van der Waals surface area (Å²) in [6.07, 6.45) is 2.76. The number of aromatic nitrogens is 1. The van der Waals surface area contributed by atoms with E-state index in [-0.39, 0.29) is 42.1 Å². The summed E-state index contributed by atoms with van der Waals surface area (Å²) in [5.74, 6) is -1.22. The monoisotopic (exact) mass is 444 g/mol. The second-order valence-corrected chi connectivity index (χ2v) is 9.10. The van der Waals surface area contributed by atoms with Crippen LogP contribution in [-0.2, 0) is 16.0 Å². The van der Waals surface area contributed by atoms with Crippen LogP contribution in [0.4, 0.5) is 4.79 Å². The van der Waals surface area contributed by atoms with Crippen molar-refractivity contribution >= 4 is 28.7 Å². The number of nitrogens with zero attached hydrogens (tertiary/aromatic N) is 2. The molecule has 0 saturated carbocycles. The summed E-state index contributed by atoms with van der Waals surface area (Å²) in [7, 11) is 2.97. The molecular formula is C23H29ClN4O3. The van der Waals surface area contributed by atoms with E-state index in [2.05, 4.69) is 30.1 Å². The average molecular weight is 445 g/mol. The van der Waals surface area contributed by atoms with E-state index in [1.807, 2.05) is 6.07 Å². The van der Waals surface area contributed by atoms with Crippen LogP contribution in [0.25, 0.3) is 10.9 Å². The number of carbonyl (C=O) groups is 3. The Labute approximate surface area is 188 Å². The Morgan fingerprint density at radius 1 is 1.10 bits per heavy atom. The molecule has 3 aliphatic heterocycles. The van der Waals surface area contributed by atoms with E-state index in [1.54, 1.807) is 4.90 Å². The number of urea groups is 1. The van der Waals surface area contributed by atoms with Gasteiger partial charge in [0.05, 0.1) is 18.8 Å². The Kier molecular flexibility index (Phi) is 5.60. The fourth-order valence-corrected chi connectivity index (χ4v) is 6.09. The molecule has 4 atom stereocenters. The molecule has 0 bridgehead atoms. The van der Waals surface area contributed by atoms with E-state index in [0.29, 0.717) is 0 Å². The second kappa shape index (κ2) is 7.95. The Balaban J connectivity index is 0.00000231. The number of fused-ring (bicyclic) bond motifs is 5. The van der Waals surface area contributed by atoms with Gasteiger partial charge in [-0.25, -0.2) is 4.79 Å². The van der Waals surface area contributed by atoms with E-state index < -0.39 is 11.9 Å². The van der Waals surface area contributed by atoms with Crippen LogP contribution in [0.5, 0.6) is 0 Å². The number of carbonyl (C=O) groups excluding carboxylic acids is 3. The van der Waals surface area contributed by atoms with Crippen molar-refractivity contribution in [3.8, 4) is 0 Å².